The second kappa shape index (κ2) is 5.26. The number of hydrogen-bond donors (Lipinski definition) is 0. The molecule has 0 N–H and O–H groups in total. The summed E-state index contributed by atoms with van der Waals surface area (Å²) in [5.41, 5.74) is 0.499. The zero-order valence-electron chi connectivity index (χ0n) is 9.31. The van der Waals surface area contributed by atoms with E-state index < -0.39 is 0 Å². The van der Waals surface area contributed by atoms with Crippen molar-refractivity contribution in [3.63, 3.8) is 0 Å². The van der Waals surface area contributed by atoms with Gasteiger partial charge in [0.25, 0.3) is 0 Å². The highest BCUT2D eigenvalue weighted by molar-refractivity contribution is 7.99. The van der Waals surface area contributed by atoms with Crippen molar-refractivity contribution in [2.24, 2.45) is 5.41 Å². The molecular weight excluding hydrogens is 178 g/mol. The maximum Gasteiger partial charge on any atom is 0.00723 e. The van der Waals surface area contributed by atoms with Crippen LogP contribution >= 0.6 is 11.8 Å². The summed E-state index contributed by atoms with van der Waals surface area (Å²) >= 11 is 2.11. The zero-order valence-corrected chi connectivity index (χ0v) is 10.1. The van der Waals surface area contributed by atoms with Crippen LogP contribution in [-0.2, 0) is 0 Å². The summed E-state index contributed by atoms with van der Waals surface area (Å²) in [5, 5.41) is 0. The fraction of sp³-hybridized carbons (Fsp3) is 1.00. The highest BCUT2D eigenvalue weighted by atomic mass is 32.2. The SMILES string of the molecule is CC(C)(C)CCN1CCCSCC1. The van der Waals surface area contributed by atoms with Gasteiger partial charge in [-0.05, 0) is 37.1 Å². The Hall–Kier alpha value is 0.310. The van der Waals surface area contributed by atoms with Gasteiger partial charge in [-0.1, -0.05) is 20.8 Å². The molecule has 0 aliphatic carbocycles. The lowest BCUT2D eigenvalue weighted by Gasteiger charge is -2.25. The van der Waals surface area contributed by atoms with Gasteiger partial charge in [0.15, 0.2) is 0 Å². The van der Waals surface area contributed by atoms with Gasteiger partial charge in [-0.3, -0.25) is 0 Å². The smallest absolute Gasteiger partial charge is 0.00723 e. The van der Waals surface area contributed by atoms with Crippen LogP contribution in [0.4, 0.5) is 0 Å². The lowest BCUT2D eigenvalue weighted by Crippen LogP contribution is -2.29. The lowest BCUT2D eigenvalue weighted by molar-refractivity contribution is 0.241. The second-order valence-corrected chi connectivity index (χ2v) is 6.34. The van der Waals surface area contributed by atoms with Gasteiger partial charge in [-0.15, -0.1) is 0 Å². The van der Waals surface area contributed by atoms with Gasteiger partial charge < -0.3 is 4.90 Å². The summed E-state index contributed by atoms with van der Waals surface area (Å²) in [6.45, 7) is 10.9. The van der Waals surface area contributed by atoms with Gasteiger partial charge in [0.05, 0.1) is 0 Å². The Morgan fingerprint density at radius 2 is 1.92 bits per heavy atom. The molecule has 0 spiro atoms. The van der Waals surface area contributed by atoms with Crippen molar-refractivity contribution in [3.8, 4) is 0 Å². The van der Waals surface area contributed by atoms with E-state index in [0.717, 1.165) is 0 Å². The fourth-order valence-electron chi connectivity index (χ4n) is 1.51. The van der Waals surface area contributed by atoms with E-state index in [1.54, 1.807) is 0 Å². The number of rotatable bonds is 2. The molecule has 0 atom stereocenters. The molecular formula is C11H23NS. The Labute approximate surface area is 87.3 Å². The summed E-state index contributed by atoms with van der Waals surface area (Å²) < 4.78 is 0. The Kier molecular flexibility index (Phi) is 4.60. The van der Waals surface area contributed by atoms with Crippen LogP contribution in [-0.4, -0.2) is 36.0 Å². The third-order valence-corrected chi connectivity index (χ3v) is 3.54. The Balaban J connectivity index is 2.19. The lowest BCUT2D eigenvalue weighted by atomic mass is 9.92. The maximum atomic E-state index is 2.63. The van der Waals surface area contributed by atoms with Crippen molar-refractivity contribution in [1.82, 2.24) is 4.90 Å². The standard InChI is InChI=1S/C11H23NS/c1-11(2,3)5-7-12-6-4-9-13-10-8-12/h4-10H2,1-3H3. The van der Waals surface area contributed by atoms with Gasteiger partial charge in [0.1, 0.15) is 0 Å². The zero-order chi connectivity index (χ0) is 9.73. The molecule has 1 fully saturated rings. The van der Waals surface area contributed by atoms with E-state index in [2.05, 4.69) is 37.4 Å². The monoisotopic (exact) mass is 201 g/mol. The molecule has 1 saturated heterocycles. The maximum absolute atomic E-state index is 2.63. The van der Waals surface area contributed by atoms with Crippen LogP contribution in [0.2, 0.25) is 0 Å². The van der Waals surface area contributed by atoms with Crippen LogP contribution in [0.15, 0.2) is 0 Å². The molecule has 0 saturated carbocycles. The summed E-state index contributed by atoms with van der Waals surface area (Å²) in [4.78, 5) is 2.63. The van der Waals surface area contributed by atoms with Crippen molar-refractivity contribution >= 4 is 11.8 Å². The van der Waals surface area contributed by atoms with E-state index in [0.29, 0.717) is 5.41 Å². The molecule has 1 aliphatic rings. The first-order valence-corrected chi connectivity index (χ1v) is 6.53. The Morgan fingerprint density at radius 3 is 2.62 bits per heavy atom. The molecule has 0 aromatic rings. The third-order valence-electron chi connectivity index (χ3n) is 2.49. The van der Waals surface area contributed by atoms with E-state index in [1.807, 2.05) is 0 Å². The molecule has 13 heavy (non-hydrogen) atoms. The van der Waals surface area contributed by atoms with Crippen molar-refractivity contribution in [2.75, 3.05) is 31.1 Å². The predicted octanol–water partition coefficient (Wildman–Crippen LogP) is 2.86. The topological polar surface area (TPSA) is 3.24 Å². The van der Waals surface area contributed by atoms with Crippen LogP contribution in [0.25, 0.3) is 0 Å². The van der Waals surface area contributed by atoms with Crippen molar-refractivity contribution < 1.29 is 0 Å². The highest BCUT2D eigenvalue weighted by Crippen LogP contribution is 2.19. The van der Waals surface area contributed by atoms with Gasteiger partial charge in [-0.2, -0.15) is 11.8 Å². The minimum absolute atomic E-state index is 0.499. The normalized spacial score (nSPS) is 21.5. The molecule has 1 heterocycles. The molecule has 1 nitrogen and oxygen atoms in total. The molecule has 1 aliphatic heterocycles. The molecule has 0 unspecified atom stereocenters. The molecule has 78 valence electrons. The van der Waals surface area contributed by atoms with Gasteiger partial charge in [0, 0.05) is 12.3 Å². The number of nitrogens with zero attached hydrogens (tertiary/aromatic N) is 1. The highest BCUT2D eigenvalue weighted by Gasteiger charge is 2.14. The summed E-state index contributed by atoms with van der Waals surface area (Å²) in [6, 6.07) is 0. The minimum Gasteiger partial charge on any atom is -0.302 e. The molecule has 1 rings (SSSR count). The van der Waals surface area contributed by atoms with Crippen molar-refractivity contribution in [3.05, 3.63) is 0 Å². The first-order valence-electron chi connectivity index (χ1n) is 5.38. The summed E-state index contributed by atoms with van der Waals surface area (Å²) in [5.74, 6) is 2.70. The largest absolute Gasteiger partial charge is 0.302 e. The quantitative estimate of drug-likeness (QED) is 0.676. The first-order chi connectivity index (χ1) is 6.08. The van der Waals surface area contributed by atoms with Gasteiger partial charge in [0.2, 0.25) is 0 Å². The molecule has 0 aromatic heterocycles. The fourth-order valence-corrected chi connectivity index (χ4v) is 2.44. The molecule has 2 heteroatoms. The Bertz CT molecular complexity index is 132. The van der Waals surface area contributed by atoms with E-state index in [1.165, 1.54) is 44.0 Å². The van der Waals surface area contributed by atoms with Crippen LogP contribution in [0.5, 0.6) is 0 Å². The van der Waals surface area contributed by atoms with Crippen molar-refractivity contribution in [1.29, 1.82) is 0 Å². The van der Waals surface area contributed by atoms with E-state index in [9.17, 15) is 0 Å². The molecule has 0 amide bonds. The summed E-state index contributed by atoms with van der Waals surface area (Å²) in [6.07, 6.45) is 2.71. The third kappa shape index (κ3) is 5.58. The summed E-state index contributed by atoms with van der Waals surface area (Å²) in [7, 11) is 0. The molecule has 0 bridgehead atoms. The first kappa shape index (κ1) is 11.4. The van der Waals surface area contributed by atoms with E-state index in [-0.39, 0.29) is 0 Å². The predicted molar refractivity (Wildman–Crippen MR) is 62.5 cm³/mol. The van der Waals surface area contributed by atoms with Gasteiger partial charge >= 0.3 is 0 Å². The van der Waals surface area contributed by atoms with E-state index in [4.69, 9.17) is 0 Å². The second-order valence-electron chi connectivity index (χ2n) is 5.12. The molecule has 0 aromatic carbocycles. The van der Waals surface area contributed by atoms with Crippen LogP contribution in [0, 0.1) is 5.41 Å². The van der Waals surface area contributed by atoms with Crippen LogP contribution < -0.4 is 0 Å². The Morgan fingerprint density at radius 1 is 1.15 bits per heavy atom. The average Bonchev–Trinajstić information content (AvgIpc) is 2.26. The van der Waals surface area contributed by atoms with E-state index >= 15 is 0 Å². The number of thioether (sulfide) groups is 1. The van der Waals surface area contributed by atoms with Crippen LogP contribution in [0.1, 0.15) is 33.6 Å². The average molecular weight is 201 g/mol. The van der Waals surface area contributed by atoms with Crippen LogP contribution in [0.3, 0.4) is 0 Å². The van der Waals surface area contributed by atoms with Gasteiger partial charge in [-0.25, -0.2) is 0 Å². The number of hydrogen-bond acceptors (Lipinski definition) is 2. The minimum atomic E-state index is 0.499. The molecule has 0 radical (unpaired) electrons. The van der Waals surface area contributed by atoms with Crippen molar-refractivity contribution in [2.45, 2.75) is 33.6 Å².